The third kappa shape index (κ3) is 1.40. The smallest absolute Gasteiger partial charge is 0.161 e. The van der Waals surface area contributed by atoms with Crippen molar-refractivity contribution in [1.29, 1.82) is 0 Å². The third-order valence-electron chi connectivity index (χ3n) is 1.94. The van der Waals surface area contributed by atoms with Gasteiger partial charge >= 0.3 is 0 Å². The van der Waals surface area contributed by atoms with E-state index in [2.05, 4.69) is 23.8 Å². The van der Waals surface area contributed by atoms with Crippen LogP contribution in [0.2, 0.25) is 5.15 Å². The topological polar surface area (TPSA) is 30.7 Å². The lowest BCUT2D eigenvalue weighted by molar-refractivity contribution is 0.613. The minimum atomic E-state index is 0.357. The maximum absolute atomic E-state index is 5.80. The van der Waals surface area contributed by atoms with Gasteiger partial charge in [-0.05, 0) is 26.0 Å². The van der Waals surface area contributed by atoms with Crippen LogP contribution < -0.4 is 0 Å². The van der Waals surface area contributed by atoms with Crippen molar-refractivity contribution in [2.75, 3.05) is 0 Å². The maximum atomic E-state index is 5.80. The van der Waals surface area contributed by atoms with E-state index in [1.165, 1.54) is 0 Å². The van der Waals surface area contributed by atoms with Gasteiger partial charge in [0.1, 0.15) is 10.7 Å². The van der Waals surface area contributed by atoms with Crippen molar-refractivity contribution < 1.29 is 0 Å². The predicted molar refractivity (Wildman–Crippen MR) is 52.9 cm³/mol. The van der Waals surface area contributed by atoms with Gasteiger partial charge in [0.15, 0.2) is 5.65 Å². The van der Waals surface area contributed by atoms with E-state index >= 15 is 0 Å². The molecule has 0 atom stereocenters. The summed E-state index contributed by atoms with van der Waals surface area (Å²) in [4.78, 5) is 8.45. The van der Waals surface area contributed by atoms with Crippen LogP contribution in [0.3, 0.4) is 0 Å². The average Bonchev–Trinajstić information content (AvgIpc) is 2.46. The zero-order chi connectivity index (χ0) is 9.42. The lowest BCUT2D eigenvalue weighted by Crippen LogP contribution is -1.99. The second kappa shape index (κ2) is 3.00. The van der Waals surface area contributed by atoms with Crippen LogP contribution in [0.4, 0.5) is 0 Å². The number of hydrogen-bond donors (Lipinski definition) is 0. The van der Waals surface area contributed by atoms with Gasteiger partial charge in [-0.2, -0.15) is 0 Å². The second-order valence-electron chi connectivity index (χ2n) is 3.22. The Labute approximate surface area is 81.4 Å². The fourth-order valence-electron chi connectivity index (χ4n) is 1.27. The monoisotopic (exact) mass is 195 g/mol. The largest absolute Gasteiger partial charge is 0.313 e. The summed E-state index contributed by atoms with van der Waals surface area (Å²) in [6.07, 6.45) is 1.79. The zero-order valence-electron chi connectivity index (χ0n) is 7.53. The SMILES string of the molecule is CC(C)n1cnc2ccc(Cl)nc21. The number of nitrogens with zero attached hydrogens (tertiary/aromatic N) is 3. The van der Waals surface area contributed by atoms with Gasteiger partial charge in [0.2, 0.25) is 0 Å². The maximum Gasteiger partial charge on any atom is 0.161 e. The van der Waals surface area contributed by atoms with Crippen molar-refractivity contribution in [3.05, 3.63) is 23.6 Å². The highest BCUT2D eigenvalue weighted by Gasteiger charge is 2.06. The third-order valence-corrected chi connectivity index (χ3v) is 2.15. The molecule has 0 aliphatic carbocycles. The molecule has 0 aliphatic heterocycles. The molecule has 0 unspecified atom stereocenters. The van der Waals surface area contributed by atoms with Crippen molar-refractivity contribution in [3.8, 4) is 0 Å². The van der Waals surface area contributed by atoms with Crippen LogP contribution in [0.5, 0.6) is 0 Å². The van der Waals surface area contributed by atoms with Gasteiger partial charge in [0.25, 0.3) is 0 Å². The van der Waals surface area contributed by atoms with Crippen LogP contribution >= 0.6 is 11.6 Å². The minimum Gasteiger partial charge on any atom is -0.313 e. The van der Waals surface area contributed by atoms with Crippen LogP contribution in [-0.4, -0.2) is 14.5 Å². The number of aromatic nitrogens is 3. The van der Waals surface area contributed by atoms with E-state index in [1.54, 1.807) is 12.4 Å². The molecule has 4 heteroatoms. The molecule has 2 rings (SSSR count). The van der Waals surface area contributed by atoms with E-state index in [0.29, 0.717) is 11.2 Å². The Kier molecular flexibility index (Phi) is 1.96. The number of hydrogen-bond acceptors (Lipinski definition) is 2. The molecular weight excluding hydrogens is 186 g/mol. The van der Waals surface area contributed by atoms with Gasteiger partial charge in [0, 0.05) is 6.04 Å². The van der Waals surface area contributed by atoms with Gasteiger partial charge in [-0.3, -0.25) is 0 Å². The van der Waals surface area contributed by atoms with Gasteiger partial charge in [0.05, 0.1) is 6.33 Å². The summed E-state index contributed by atoms with van der Waals surface area (Å²) in [5.41, 5.74) is 1.74. The predicted octanol–water partition coefficient (Wildman–Crippen LogP) is 2.67. The Morgan fingerprint density at radius 3 is 2.85 bits per heavy atom. The second-order valence-corrected chi connectivity index (χ2v) is 3.61. The summed E-state index contributed by atoms with van der Waals surface area (Å²) < 4.78 is 2.00. The molecule has 0 fully saturated rings. The van der Waals surface area contributed by atoms with E-state index < -0.39 is 0 Å². The fraction of sp³-hybridized carbons (Fsp3) is 0.333. The van der Waals surface area contributed by atoms with Crippen LogP contribution in [0.1, 0.15) is 19.9 Å². The Morgan fingerprint density at radius 2 is 2.15 bits per heavy atom. The molecule has 3 nitrogen and oxygen atoms in total. The van der Waals surface area contributed by atoms with E-state index in [9.17, 15) is 0 Å². The highest BCUT2D eigenvalue weighted by Crippen LogP contribution is 2.17. The summed E-state index contributed by atoms with van der Waals surface area (Å²) >= 11 is 5.80. The lowest BCUT2D eigenvalue weighted by Gasteiger charge is -2.06. The highest BCUT2D eigenvalue weighted by atomic mass is 35.5. The Bertz CT molecular complexity index is 433. The molecule has 0 radical (unpaired) electrons. The number of fused-ring (bicyclic) bond motifs is 1. The molecule has 2 aromatic heterocycles. The Morgan fingerprint density at radius 1 is 1.38 bits per heavy atom. The molecule has 68 valence electrons. The molecule has 0 aliphatic rings. The molecule has 2 aromatic rings. The Balaban J connectivity index is 2.71. The first-order chi connectivity index (χ1) is 6.18. The lowest BCUT2D eigenvalue weighted by atomic mass is 10.4. The van der Waals surface area contributed by atoms with Crippen molar-refractivity contribution in [3.63, 3.8) is 0 Å². The average molecular weight is 196 g/mol. The molecule has 0 spiro atoms. The standard InChI is InChI=1S/C9H10ClN3/c1-6(2)13-5-11-7-3-4-8(10)12-9(7)13/h3-6H,1-2H3. The summed E-state index contributed by atoms with van der Waals surface area (Å²) in [6, 6.07) is 3.99. The number of rotatable bonds is 1. The van der Waals surface area contributed by atoms with E-state index in [-0.39, 0.29) is 0 Å². The summed E-state index contributed by atoms with van der Waals surface area (Å²) in [6.45, 7) is 4.17. The summed E-state index contributed by atoms with van der Waals surface area (Å²) in [5.74, 6) is 0. The number of imidazole rings is 1. The van der Waals surface area contributed by atoms with Crippen molar-refractivity contribution in [2.45, 2.75) is 19.9 Å². The van der Waals surface area contributed by atoms with E-state index in [4.69, 9.17) is 11.6 Å². The molecule has 13 heavy (non-hydrogen) atoms. The Hall–Kier alpha value is -1.09. The van der Waals surface area contributed by atoms with Crippen LogP contribution in [0.25, 0.3) is 11.2 Å². The number of pyridine rings is 1. The van der Waals surface area contributed by atoms with Crippen molar-refractivity contribution in [2.24, 2.45) is 0 Å². The van der Waals surface area contributed by atoms with Crippen molar-refractivity contribution >= 4 is 22.8 Å². The normalized spacial score (nSPS) is 11.4. The van der Waals surface area contributed by atoms with Gasteiger partial charge in [-0.1, -0.05) is 11.6 Å². The molecule has 0 saturated heterocycles. The summed E-state index contributed by atoms with van der Waals surface area (Å²) in [7, 11) is 0. The summed E-state index contributed by atoms with van der Waals surface area (Å²) in [5, 5.41) is 0.509. The molecule has 0 amide bonds. The van der Waals surface area contributed by atoms with E-state index in [0.717, 1.165) is 11.2 Å². The first-order valence-corrected chi connectivity index (χ1v) is 4.55. The molecular formula is C9H10ClN3. The van der Waals surface area contributed by atoms with E-state index in [1.807, 2.05) is 10.6 Å². The highest BCUT2D eigenvalue weighted by molar-refractivity contribution is 6.29. The van der Waals surface area contributed by atoms with Gasteiger partial charge < -0.3 is 4.57 Å². The minimum absolute atomic E-state index is 0.357. The first-order valence-electron chi connectivity index (χ1n) is 4.17. The molecule has 2 heterocycles. The first kappa shape index (κ1) is 8.51. The van der Waals surface area contributed by atoms with Crippen LogP contribution in [-0.2, 0) is 0 Å². The number of halogens is 1. The zero-order valence-corrected chi connectivity index (χ0v) is 8.28. The molecule has 0 N–H and O–H groups in total. The van der Waals surface area contributed by atoms with Gasteiger partial charge in [-0.25, -0.2) is 9.97 Å². The molecule has 0 aromatic carbocycles. The molecule has 0 saturated carbocycles. The van der Waals surface area contributed by atoms with Crippen LogP contribution in [0, 0.1) is 0 Å². The fourth-order valence-corrected chi connectivity index (χ4v) is 1.41. The molecule has 0 bridgehead atoms. The van der Waals surface area contributed by atoms with Crippen molar-refractivity contribution in [1.82, 2.24) is 14.5 Å². The quantitative estimate of drug-likeness (QED) is 0.655. The van der Waals surface area contributed by atoms with Gasteiger partial charge in [-0.15, -0.1) is 0 Å². The van der Waals surface area contributed by atoms with Crippen LogP contribution in [0.15, 0.2) is 18.5 Å².